The van der Waals surface area contributed by atoms with Crippen molar-refractivity contribution >= 4 is 36.3 Å². The summed E-state index contributed by atoms with van der Waals surface area (Å²) in [4.78, 5) is 40.7. The topological polar surface area (TPSA) is 157 Å². The van der Waals surface area contributed by atoms with Crippen LogP contribution in [0, 0.1) is 20.2 Å². The number of nitro groups is 2. The van der Waals surface area contributed by atoms with E-state index in [1.807, 2.05) is 0 Å². The van der Waals surface area contributed by atoms with Crippen LogP contribution in [0.5, 0.6) is 0 Å². The molecule has 0 aliphatic carbocycles. The van der Waals surface area contributed by atoms with Crippen molar-refractivity contribution in [1.82, 2.24) is 14.8 Å². The van der Waals surface area contributed by atoms with Crippen molar-refractivity contribution in [2.24, 2.45) is 0 Å². The second-order valence-corrected chi connectivity index (χ2v) is 2.99. The largest absolute Gasteiger partial charge is 0.356 e. The molecule has 0 aliphatic heterocycles. The number of carbonyl (C=O) groups is 2. The van der Waals surface area contributed by atoms with Crippen LogP contribution >= 0.6 is 24.3 Å². The summed E-state index contributed by atoms with van der Waals surface area (Å²) in [6, 6.07) is -2.34. The van der Waals surface area contributed by atoms with Crippen LogP contribution in [-0.2, 0) is 0 Å². The maximum atomic E-state index is 10.6. The van der Waals surface area contributed by atoms with E-state index in [0.717, 1.165) is 0 Å². The van der Waals surface area contributed by atoms with Gasteiger partial charge in [0.25, 0.3) is 0 Å². The molecular weight excluding hydrogens is 254 g/mol. The molecule has 13 heteroatoms. The van der Waals surface area contributed by atoms with Crippen LogP contribution in [0.25, 0.3) is 0 Å². The van der Waals surface area contributed by atoms with Gasteiger partial charge in [0, 0.05) is 0 Å². The van der Waals surface area contributed by atoms with Crippen molar-refractivity contribution in [3.8, 4) is 0 Å². The van der Waals surface area contributed by atoms with Crippen LogP contribution < -0.4 is 14.8 Å². The average molecular weight is 257 g/mol. The minimum Gasteiger partial charge on any atom is -0.258 e. The first-order chi connectivity index (χ1) is 6.91. The molecule has 0 spiro atoms. The van der Waals surface area contributed by atoms with E-state index >= 15 is 0 Å². The Morgan fingerprint density at radius 2 is 1.27 bits per heavy atom. The van der Waals surface area contributed by atoms with Gasteiger partial charge in [-0.1, -0.05) is 0 Å². The molecule has 0 aromatic heterocycles. The number of nitrogens with one attached hydrogen (secondary N) is 3. The lowest BCUT2D eigenvalue weighted by atomic mass is 10.9. The van der Waals surface area contributed by atoms with Gasteiger partial charge >= 0.3 is 36.3 Å². The quantitative estimate of drug-likeness (QED) is 0.351. The fourth-order valence-corrected chi connectivity index (χ4v) is 0.729. The van der Waals surface area contributed by atoms with Crippen LogP contribution in [-0.4, -0.2) is 20.7 Å². The van der Waals surface area contributed by atoms with Gasteiger partial charge in [0.05, 0.1) is 0 Å². The van der Waals surface area contributed by atoms with E-state index in [0.29, 0.717) is 0 Å². The molecular formula is C2H3N5O6S2. The van der Waals surface area contributed by atoms with Crippen molar-refractivity contribution in [3.63, 3.8) is 0 Å². The van der Waals surface area contributed by atoms with Gasteiger partial charge in [-0.25, -0.2) is 39.3 Å². The maximum Gasteiger partial charge on any atom is 0.356 e. The average Bonchev–Trinajstić information content (AvgIpc) is 2.11. The van der Waals surface area contributed by atoms with E-state index in [2.05, 4.69) is 0 Å². The minimum absolute atomic E-state index is 0.155. The van der Waals surface area contributed by atoms with Gasteiger partial charge in [-0.2, -0.15) is 0 Å². The maximum absolute atomic E-state index is 10.6. The number of urea groups is 2. The molecule has 0 radical (unpaired) electrons. The second kappa shape index (κ2) is 6.66. The Morgan fingerprint density at radius 3 is 1.53 bits per heavy atom. The molecule has 0 fully saturated rings. The number of nitrogens with zero attached hydrogens (tertiary/aromatic N) is 2. The summed E-state index contributed by atoms with van der Waals surface area (Å²) in [7, 11) is 0. The van der Waals surface area contributed by atoms with Gasteiger partial charge in [-0.3, -0.25) is 5.32 Å². The van der Waals surface area contributed by atoms with Gasteiger partial charge in [-0.15, -0.1) is 0 Å². The molecule has 11 nitrogen and oxygen atoms in total. The van der Waals surface area contributed by atoms with Crippen LogP contribution in [0.15, 0.2) is 0 Å². The Hall–Kier alpha value is -1.76. The van der Waals surface area contributed by atoms with Crippen LogP contribution in [0.3, 0.4) is 0 Å². The fraction of sp³-hybridized carbons (Fsp3) is 0. The van der Waals surface area contributed by atoms with Gasteiger partial charge in [-0.05, 0) is 0 Å². The van der Waals surface area contributed by atoms with Crippen molar-refractivity contribution in [3.05, 3.63) is 20.2 Å². The Labute approximate surface area is 90.2 Å². The van der Waals surface area contributed by atoms with Crippen LogP contribution in [0.1, 0.15) is 0 Å². The molecule has 0 aromatic carbocycles. The highest BCUT2D eigenvalue weighted by Gasteiger charge is 2.13. The van der Waals surface area contributed by atoms with E-state index in [1.165, 1.54) is 0 Å². The third-order valence-electron chi connectivity index (χ3n) is 0.653. The highest BCUT2D eigenvalue weighted by Crippen LogP contribution is 1.93. The summed E-state index contributed by atoms with van der Waals surface area (Å²) in [6.07, 6.45) is 0. The van der Waals surface area contributed by atoms with Crippen LogP contribution in [0.4, 0.5) is 9.59 Å². The number of hydrogen-bond acceptors (Lipinski definition) is 8. The van der Waals surface area contributed by atoms with Crippen LogP contribution in [0.2, 0.25) is 0 Å². The van der Waals surface area contributed by atoms with Gasteiger partial charge in [0.15, 0.2) is 0 Å². The van der Waals surface area contributed by atoms with E-state index in [1.54, 1.807) is 14.8 Å². The molecule has 15 heavy (non-hydrogen) atoms. The number of carbonyl (C=O) groups excluding carboxylic acids is 2. The molecule has 84 valence electrons. The molecule has 4 amide bonds. The summed E-state index contributed by atoms with van der Waals surface area (Å²) >= 11 is -0.310. The van der Waals surface area contributed by atoms with Crippen molar-refractivity contribution in [2.75, 3.05) is 0 Å². The third kappa shape index (κ3) is 8.57. The molecule has 0 rings (SSSR count). The van der Waals surface area contributed by atoms with E-state index < -0.39 is 20.7 Å². The summed E-state index contributed by atoms with van der Waals surface area (Å²) < 4.78 is 1.43. The highest BCUT2D eigenvalue weighted by molar-refractivity contribution is 7.92. The second-order valence-electron chi connectivity index (χ2n) is 1.62. The lowest BCUT2D eigenvalue weighted by Gasteiger charge is -1.99. The molecule has 0 heterocycles. The molecule has 0 aliphatic rings. The Bertz CT molecular complexity index is 265. The Balaban J connectivity index is 3.71. The molecule has 0 unspecified atom stereocenters. The SMILES string of the molecule is O=C(NS[N+](=O)[O-])NC(=O)NS[N+](=O)[O-]. The number of hydrogen-bond donors (Lipinski definition) is 3. The molecule has 0 bridgehead atoms. The lowest BCUT2D eigenvalue weighted by molar-refractivity contribution is -0.285. The molecule has 0 atom stereocenters. The monoisotopic (exact) mass is 257 g/mol. The number of rotatable bonds is 4. The van der Waals surface area contributed by atoms with Crippen molar-refractivity contribution in [1.29, 1.82) is 0 Å². The van der Waals surface area contributed by atoms with E-state index in [4.69, 9.17) is 0 Å². The Morgan fingerprint density at radius 1 is 0.933 bits per heavy atom. The van der Waals surface area contributed by atoms with Gasteiger partial charge < -0.3 is 0 Å². The predicted octanol–water partition coefficient (Wildman–Crippen LogP) is -0.325. The van der Waals surface area contributed by atoms with Crippen molar-refractivity contribution in [2.45, 2.75) is 0 Å². The standard InChI is InChI=1S/C2H3N5O6S2/c8-1(4-14-6(10)11)3-2(9)5-15-7(12)13/h(H3,3,4,5,8,9). The van der Waals surface area contributed by atoms with E-state index in [-0.39, 0.29) is 24.3 Å². The fourth-order valence-electron chi connectivity index (χ4n) is 0.312. The first-order valence-corrected chi connectivity index (χ1v) is 4.46. The van der Waals surface area contributed by atoms with Crippen molar-refractivity contribution < 1.29 is 18.2 Å². The zero-order valence-electron chi connectivity index (χ0n) is 6.66. The lowest BCUT2D eigenvalue weighted by Crippen LogP contribution is -2.41. The first-order valence-electron chi connectivity index (χ1n) is 2.91. The van der Waals surface area contributed by atoms with Gasteiger partial charge in [0.1, 0.15) is 8.66 Å². The predicted molar refractivity (Wildman–Crippen MR) is 49.4 cm³/mol. The molecule has 0 aromatic rings. The summed E-state index contributed by atoms with van der Waals surface area (Å²) in [5, 5.41) is 21.0. The highest BCUT2D eigenvalue weighted by atomic mass is 32.2. The zero-order valence-corrected chi connectivity index (χ0v) is 8.29. The summed E-state index contributed by atoms with van der Waals surface area (Å²) in [6.45, 7) is 0. The third-order valence-corrected chi connectivity index (χ3v) is 1.50. The summed E-state index contributed by atoms with van der Waals surface area (Å²) in [5.41, 5.74) is 0. The smallest absolute Gasteiger partial charge is 0.258 e. The molecule has 0 saturated carbocycles. The normalized spacial score (nSPS) is 8.80. The number of imide groups is 1. The first kappa shape index (κ1) is 13.2. The summed E-state index contributed by atoms with van der Waals surface area (Å²) in [5.74, 6) is 0. The molecule has 0 saturated heterocycles. The number of amides is 4. The minimum atomic E-state index is -1.17. The van der Waals surface area contributed by atoms with E-state index in [9.17, 15) is 29.8 Å². The van der Waals surface area contributed by atoms with Gasteiger partial charge in [0.2, 0.25) is 0 Å². The zero-order chi connectivity index (χ0) is 11.8. The molecule has 3 N–H and O–H groups in total. The Kier molecular flexibility index (Phi) is 5.88.